The van der Waals surface area contributed by atoms with Gasteiger partial charge in [-0.05, 0) is 17.7 Å². The minimum Gasteiger partial charge on any atom is -0.336 e. The second-order valence-corrected chi connectivity index (χ2v) is 7.12. The number of hydrogen-bond donors (Lipinski definition) is 1. The van der Waals surface area contributed by atoms with Gasteiger partial charge in [0.1, 0.15) is 28.4 Å². The number of nitrogens with one attached hydrogen (secondary N) is 1. The van der Waals surface area contributed by atoms with Gasteiger partial charge in [-0.1, -0.05) is 30.3 Å². The lowest BCUT2D eigenvalue weighted by atomic mass is 10.1. The molecule has 0 aliphatic heterocycles. The van der Waals surface area contributed by atoms with Crippen molar-refractivity contribution in [3.05, 3.63) is 83.9 Å². The summed E-state index contributed by atoms with van der Waals surface area (Å²) in [4.78, 5) is 3.57. The van der Waals surface area contributed by atoms with Crippen LogP contribution in [0.4, 0.5) is 8.78 Å². The molecule has 1 heterocycles. The highest BCUT2D eigenvalue weighted by molar-refractivity contribution is 7.89. The largest absolute Gasteiger partial charge is 0.336 e. The first-order valence-corrected chi connectivity index (χ1v) is 8.86. The van der Waals surface area contributed by atoms with Crippen molar-refractivity contribution in [2.75, 3.05) is 0 Å². The van der Waals surface area contributed by atoms with Crippen LogP contribution in [0.5, 0.6) is 0 Å². The van der Waals surface area contributed by atoms with E-state index in [1.807, 2.05) is 0 Å². The molecule has 0 aliphatic carbocycles. The molecule has 0 saturated heterocycles. The van der Waals surface area contributed by atoms with Crippen LogP contribution in [0.2, 0.25) is 0 Å². The zero-order valence-electron chi connectivity index (χ0n) is 13.2. The normalized spacial score (nSPS) is 12.9. The Balaban J connectivity index is 2.05. The predicted octanol–water partition coefficient (Wildman–Crippen LogP) is 2.77. The monoisotopic (exact) mass is 363 g/mol. The fourth-order valence-electron chi connectivity index (χ4n) is 2.48. The van der Waals surface area contributed by atoms with Gasteiger partial charge in [0.05, 0.1) is 0 Å². The van der Waals surface area contributed by atoms with Gasteiger partial charge in [0.25, 0.3) is 0 Å². The Bertz CT molecular complexity index is 988. The quantitative estimate of drug-likeness (QED) is 0.758. The van der Waals surface area contributed by atoms with Crippen molar-refractivity contribution in [1.29, 1.82) is 0 Å². The van der Waals surface area contributed by atoms with E-state index in [1.165, 1.54) is 6.20 Å². The zero-order chi connectivity index (χ0) is 18.0. The molecular weight excluding hydrogens is 348 g/mol. The third kappa shape index (κ3) is 3.59. The lowest BCUT2D eigenvalue weighted by molar-refractivity contribution is 0.535. The number of nitrogens with zero attached hydrogens (tertiary/aromatic N) is 2. The maximum atomic E-state index is 13.9. The second-order valence-electron chi connectivity index (χ2n) is 5.44. The van der Waals surface area contributed by atoms with E-state index in [4.69, 9.17) is 0 Å². The summed E-state index contributed by atoms with van der Waals surface area (Å²) in [6.45, 7) is 0. The SMILES string of the molecule is Cn1ccnc1C(NS(=O)(=O)c1ccc(F)cc1F)c1ccccc1. The molecule has 3 aromatic rings. The summed E-state index contributed by atoms with van der Waals surface area (Å²) in [5, 5.41) is 0. The molecule has 1 N–H and O–H groups in total. The number of benzene rings is 2. The van der Waals surface area contributed by atoms with Gasteiger partial charge >= 0.3 is 0 Å². The molecule has 0 bridgehead atoms. The average Bonchev–Trinajstić information content (AvgIpc) is 2.99. The average molecular weight is 363 g/mol. The standard InChI is InChI=1S/C17H15F2N3O2S/c1-22-10-9-20-17(22)16(12-5-3-2-4-6-12)21-25(23,24)15-8-7-13(18)11-14(15)19/h2-11,16,21H,1H3. The number of sulfonamides is 1. The van der Waals surface area contributed by atoms with Crippen LogP contribution >= 0.6 is 0 Å². The van der Waals surface area contributed by atoms with Crippen LogP contribution in [0.15, 0.2) is 65.8 Å². The molecule has 1 unspecified atom stereocenters. The van der Waals surface area contributed by atoms with Crippen LogP contribution in [0, 0.1) is 11.6 Å². The molecule has 130 valence electrons. The van der Waals surface area contributed by atoms with Gasteiger partial charge in [-0.25, -0.2) is 22.2 Å². The van der Waals surface area contributed by atoms with Crippen molar-refractivity contribution >= 4 is 10.0 Å². The number of aryl methyl sites for hydroxylation is 1. The highest BCUT2D eigenvalue weighted by Gasteiger charge is 2.27. The van der Waals surface area contributed by atoms with Crippen molar-refractivity contribution < 1.29 is 17.2 Å². The third-order valence-electron chi connectivity index (χ3n) is 3.71. The molecule has 1 aromatic heterocycles. The van der Waals surface area contributed by atoms with Gasteiger partial charge in [0.2, 0.25) is 10.0 Å². The molecule has 2 aromatic carbocycles. The Morgan fingerprint density at radius 3 is 2.44 bits per heavy atom. The van der Waals surface area contributed by atoms with Crippen LogP contribution < -0.4 is 4.72 Å². The van der Waals surface area contributed by atoms with Gasteiger partial charge in [-0.2, -0.15) is 4.72 Å². The van der Waals surface area contributed by atoms with E-state index in [-0.39, 0.29) is 0 Å². The third-order valence-corrected chi connectivity index (χ3v) is 5.16. The summed E-state index contributed by atoms with van der Waals surface area (Å²) in [6, 6.07) is 10.3. The maximum Gasteiger partial charge on any atom is 0.244 e. The minimum atomic E-state index is -4.24. The van der Waals surface area contributed by atoms with Crippen molar-refractivity contribution in [2.24, 2.45) is 7.05 Å². The second kappa shape index (κ2) is 6.73. The van der Waals surface area contributed by atoms with E-state index in [0.717, 1.165) is 12.1 Å². The van der Waals surface area contributed by atoms with E-state index >= 15 is 0 Å². The maximum absolute atomic E-state index is 13.9. The van der Waals surface area contributed by atoms with E-state index < -0.39 is 32.6 Å². The van der Waals surface area contributed by atoms with E-state index in [9.17, 15) is 17.2 Å². The molecule has 8 heteroatoms. The van der Waals surface area contributed by atoms with Gasteiger partial charge in [-0.3, -0.25) is 0 Å². The van der Waals surface area contributed by atoms with Crippen molar-refractivity contribution in [1.82, 2.24) is 14.3 Å². The molecule has 0 aliphatic rings. The minimum absolute atomic E-state index is 0.442. The van der Waals surface area contributed by atoms with Crippen LogP contribution in [-0.4, -0.2) is 18.0 Å². The first-order valence-electron chi connectivity index (χ1n) is 7.38. The molecular formula is C17H15F2N3O2S. The van der Waals surface area contributed by atoms with Crippen LogP contribution in [0.3, 0.4) is 0 Å². The highest BCUT2D eigenvalue weighted by Crippen LogP contribution is 2.24. The molecule has 5 nitrogen and oxygen atoms in total. The molecule has 0 saturated carbocycles. The summed E-state index contributed by atoms with van der Waals surface area (Å²) in [6.07, 6.45) is 3.22. The van der Waals surface area contributed by atoms with Crippen LogP contribution in [0.1, 0.15) is 17.4 Å². The first kappa shape index (κ1) is 17.2. The molecule has 0 radical (unpaired) electrons. The smallest absolute Gasteiger partial charge is 0.244 e. The summed E-state index contributed by atoms with van der Waals surface area (Å²) in [5.41, 5.74) is 0.642. The van der Waals surface area contributed by atoms with Gasteiger partial charge in [0, 0.05) is 25.5 Å². The van der Waals surface area contributed by atoms with Gasteiger partial charge in [-0.15, -0.1) is 0 Å². The van der Waals surface area contributed by atoms with Crippen molar-refractivity contribution in [2.45, 2.75) is 10.9 Å². The summed E-state index contributed by atoms with van der Waals surface area (Å²) < 4.78 is 56.4. The first-order chi connectivity index (χ1) is 11.9. The Hall–Kier alpha value is -2.58. The van der Waals surface area contributed by atoms with Crippen LogP contribution in [0.25, 0.3) is 0 Å². The summed E-state index contributed by atoms with van der Waals surface area (Å²) in [5.74, 6) is -1.56. The Morgan fingerprint density at radius 1 is 1.12 bits per heavy atom. The lowest BCUT2D eigenvalue weighted by Crippen LogP contribution is -2.31. The zero-order valence-corrected chi connectivity index (χ0v) is 14.0. The number of rotatable bonds is 5. The van der Waals surface area contributed by atoms with Gasteiger partial charge < -0.3 is 4.57 Å². The number of imidazole rings is 1. The predicted molar refractivity (Wildman–Crippen MR) is 88.2 cm³/mol. The summed E-state index contributed by atoms with van der Waals surface area (Å²) in [7, 11) is -2.52. The fraction of sp³-hybridized carbons (Fsp3) is 0.118. The Morgan fingerprint density at radius 2 is 1.84 bits per heavy atom. The van der Waals surface area contributed by atoms with Crippen molar-refractivity contribution in [3.63, 3.8) is 0 Å². The number of aromatic nitrogens is 2. The van der Waals surface area contributed by atoms with Gasteiger partial charge in [0.15, 0.2) is 0 Å². The number of halogens is 2. The lowest BCUT2D eigenvalue weighted by Gasteiger charge is -2.19. The number of hydrogen-bond acceptors (Lipinski definition) is 3. The fourth-order valence-corrected chi connectivity index (χ4v) is 3.72. The topological polar surface area (TPSA) is 64.0 Å². The molecule has 1 atom stereocenters. The Kier molecular flexibility index (Phi) is 4.65. The molecule has 0 spiro atoms. The van der Waals surface area contributed by atoms with Crippen LogP contribution in [-0.2, 0) is 17.1 Å². The molecule has 0 amide bonds. The molecule has 25 heavy (non-hydrogen) atoms. The Labute approximate surface area is 144 Å². The summed E-state index contributed by atoms with van der Waals surface area (Å²) >= 11 is 0. The molecule has 3 rings (SSSR count). The van der Waals surface area contributed by atoms with Crippen molar-refractivity contribution in [3.8, 4) is 0 Å². The van der Waals surface area contributed by atoms with E-state index in [1.54, 1.807) is 48.1 Å². The van der Waals surface area contributed by atoms with E-state index in [0.29, 0.717) is 17.5 Å². The van der Waals surface area contributed by atoms with E-state index in [2.05, 4.69) is 9.71 Å². The highest BCUT2D eigenvalue weighted by atomic mass is 32.2. The molecule has 0 fully saturated rings.